The van der Waals surface area contributed by atoms with Crippen molar-refractivity contribution in [3.63, 3.8) is 0 Å². The first-order valence-electron chi connectivity index (χ1n) is 4.25. The number of aliphatic hydroxyl groups is 1. The van der Waals surface area contributed by atoms with E-state index in [9.17, 15) is 9.90 Å². The van der Waals surface area contributed by atoms with E-state index in [0.29, 0.717) is 0 Å². The van der Waals surface area contributed by atoms with Crippen molar-refractivity contribution in [2.45, 2.75) is 33.0 Å². The molecule has 3 atom stereocenters. The number of halogens is 6. The number of ether oxygens (including phenoxy) is 1. The minimum absolute atomic E-state index is 0.686. The second-order valence-corrected chi connectivity index (χ2v) is 8.11. The van der Waals surface area contributed by atoms with Crippen LogP contribution < -0.4 is 0 Å². The molecule has 0 aliphatic carbocycles. The van der Waals surface area contributed by atoms with Crippen LogP contribution in [0, 0.1) is 0 Å². The highest BCUT2D eigenvalue weighted by molar-refractivity contribution is 6.68. The molecule has 0 bridgehead atoms. The Hall–Kier alpha value is 1.13. The molecule has 1 heterocycles. The molecule has 0 amide bonds. The Morgan fingerprint density at radius 3 is 2.12 bits per heavy atom. The lowest BCUT2D eigenvalue weighted by molar-refractivity contribution is -0.142. The van der Waals surface area contributed by atoms with Gasteiger partial charge in [0.2, 0.25) is 13.8 Å². The molecule has 1 rings (SSSR count). The van der Waals surface area contributed by atoms with E-state index in [1.807, 2.05) is 0 Å². The zero-order chi connectivity index (χ0) is 13.6. The van der Waals surface area contributed by atoms with Crippen LogP contribution in [0.4, 0.5) is 0 Å². The van der Waals surface area contributed by atoms with Crippen molar-refractivity contribution in [2.24, 2.45) is 0 Å². The molecular weight excluding hydrogens is 359 g/mol. The topological polar surface area (TPSA) is 49.8 Å². The van der Waals surface area contributed by atoms with Crippen molar-refractivity contribution in [3.8, 4) is 0 Å². The van der Waals surface area contributed by atoms with E-state index in [4.69, 9.17) is 74.3 Å². The van der Waals surface area contributed by atoms with E-state index in [1.54, 1.807) is 0 Å². The van der Waals surface area contributed by atoms with Gasteiger partial charge >= 0.3 is 5.97 Å². The van der Waals surface area contributed by atoms with E-state index in [0.717, 1.165) is 4.90 Å². The third-order valence-corrected chi connectivity index (χ3v) is 3.29. The van der Waals surface area contributed by atoms with Gasteiger partial charge in [-0.1, -0.05) is 69.6 Å². The molecule has 0 aromatic rings. The largest absolute Gasteiger partial charge is 0.440 e. The second kappa shape index (κ2) is 5.25. The molecule has 0 spiro atoms. The standard InChI is InChI=1S/C7H7Cl6NO3/c1-2-3(15)17-5(7(11,12)13)14(2)4(16)6(8,9)10/h2,4-5,16H,1H3/t2-,4-,5-/m0/s1. The summed E-state index contributed by atoms with van der Waals surface area (Å²) in [6, 6.07) is -0.902. The van der Waals surface area contributed by atoms with Crippen LogP contribution in [0.25, 0.3) is 0 Å². The van der Waals surface area contributed by atoms with E-state index >= 15 is 0 Å². The third-order valence-electron chi connectivity index (χ3n) is 2.14. The Morgan fingerprint density at radius 1 is 1.29 bits per heavy atom. The van der Waals surface area contributed by atoms with Crippen LogP contribution in [0.1, 0.15) is 6.92 Å². The minimum atomic E-state index is -2.07. The van der Waals surface area contributed by atoms with Crippen molar-refractivity contribution < 1.29 is 14.6 Å². The average molecular weight is 366 g/mol. The second-order valence-electron chi connectivity index (χ2n) is 3.37. The number of hydrogen-bond donors (Lipinski definition) is 1. The summed E-state index contributed by atoms with van der Waals surface area (Å²) in [5, 5.41) is 9.83. The number of nitrogens with zero attached hydrogens (tertiary/aromatic N) is 1. The van der Waals surface area contributed by atoms with E-state index in [1.165, 1.54) is 6.92 Å². The van der Waals surface area contributed by atoms with Gasteiger partial charge in [-0.05, 0) is 6.92 Å². The number of rotatable bonds is 1. The maximum atomic E-state index is 11.4. The molecule has 1 aliphatic heterocycles. The van der Waals surface area contributed by atoms with Gasteiger partial charge in [0.1, 0.15) is 6.04 Å². The van der Waals surface area contributed by atoms with Gasteiger partial charge in [-0.2, -0.15) is 0 Å². The highest BCUT2D eigenvalue weighted by Crippen LogP contribution is 2.43. The van der Waals surface area contributed by atoms with Crippen molar-refractivity contribution in [2.75, 3.05) is 0 Å². The van der Waals surface area contributed by atoms with Gasteiger partial charge in [-0.3, -0.25) is 4.79 Å². The van der Waals surface area contributed by atoms with Crippen LogP contribution in [0.2, 0.25) is 0 Å². The lowest BCUT2D eigenvalue weighted by atomic mass is 10.3. The lowest BCUT2D eigenvalue weighted by Gasteiger charge is -2.35. The summed E-state index contributed by atoms with van der Waals surface area (Å²) < 4.78 is 0.774. The van der Waals surface area contributed by atoms with Crippen LogP contribution in [-0.2, 0) is 9.53 Å². The van der Waals surface area contributed by atoms with Crippen molar-refractivity contribution >= 4 is 75.6 Å². The number of carbonyl (C=O) groups excluding carboxylic acids is 1. The summed E-state index contributed by atoms with van der Waals surface area (Å²) in [6.45, 7) is 1.43. The van der Waals surface area contributed by atoms with Gasteiger partial charge < -0.3 is 9.84 Å². The highest BCUT2D eigenvalue weighted by Gasteiger charge is 2.55. The SMILES string of the molecule is C[C@H]1C(=O)O[C@@H](C(Cl)(Cl)Cl)N1[C@@H](O)C(Cl)(Cl)Cl. The number of hydrogen-bond acceptors (Lipinski definition) is 4. The van der Waals surface area contributed by atoms with Gasteiger partial charge in [-0.15, -0.1) is 0 Å². The smallest absolute Gasteiger partial charge is 0.325 e. The fraction of sp³-hybridized carbons (Fsp3) is 0.857. The first-order valence-corrected chi connectivity index (χ1v) is 6.52. The first-order chi connectivity index (χ1) is 7.46. The normalized spacial score (nSPS) is 29.3. The third kappa shape index (κ3) is 3.57. The molecule has 0 radical (unpaired) electrons. The summed E-state index contributed by atoms with van der Waals surface area (Å²) in [6.07, 6.45) is -2.99. The lowest BCUT2D eigenvalue weighted by Crippen LogP contribution is -2.54. The summed E-state index contributed by atoms with van der Waals surface area (Å²) >= 11 is 33.5. The first kappa shape index (κ1) is 16.2. The molecule has 1 aliphatic rings. The van der Waals surface area contributed by atoms with E-state index in [-0.39, 0.29) is 0 Å². The van der Waals surface area contributed by atoms with Crippen molar-refractivity contribution in [3.05, 3.63) is 0 Å². The van der Waals surface area contributed by atoms with Crippen LogP contribution in [0.5, 0.6) is 0 Å². The predicted molar refractivity (Wildman–Crippen MR) is 67.8 cm³/mol. The van der Waals surface area contributed by atoms with Gasteiger partial charge in [-0.25, -0.2) is 4.90 Å². The Balaban J connectivity index is 3.04. The molecule has 100 valence electrons. The Bertz CT molecular complexity index is 314. The number of carbonyl (C=O) groups is 1. The molecule has 17 heavy (non-hydrogen) atoms. The molecule has 1 fully saturated rings. The fourth-order valence-corrected chi connectivity index (χ4v) is 2.15. The van der Waals surface area contributed by atoms with Gasteiger partial charge in [0.25, 0.3) is 0 Å². The van der Waals surface area contributed by atoms with E-state index in [2.05, 4.69) is 0 Å². The average Bonchev–Trinajstić information content (AvgIpc) is 2.40. The molecule has 0 unspecified atom stereocenters. The maximum absolute atomic E-state index is 11.4. The van der Waals surface area contributed by atoms with E-state index < -0.39 is 32.1 Å². The molecule has 0 aromatic heterocycles. The molecule has 1 saturated heterocycles. The molecule has 0 aromatic carbocycles. The van der Waals surface area contributed by atoms with Crippen LogP contribution >= 0.6 is 69.6 Å². The van der Waals surface area contributed by atoms with Crippen LogP contribution in [0.3, 0.4) is 0 Å². The molecule has 4 nitrogen and oxygen atoms in total. The van der Waals surface area contributed by atoms with Crippen molar-refractivity contribution in [1.82, 2.24) is 4.90 Å². The minimum Gasteiger partial charge on any atom is -0.440 e. The summed E-state index contributed by atoms with van der Waals surface area (Å²) in [4.78, 5) is 12.4. The summed E-state index contributed by atoms with van der Waals surface area (Å²) in [7, 11) is 0. The monoisotopic (exact) mass is 363 g/mol. The summed E-state index contributed by atoms with van der Waals surface area (Å²) in [5.41, 5.74) is 0. The summed E-state index contributed by atoms with van der Waals surface area (Å²) in [5.74, 6) is -0.686. The Labute approximate surface area is 128 Å². The zero-order valence-corrected chi connectivity index (χ0v) is 12.7. The highest BCUT2D eigenvalue weighted by atomic mass is 35.6. The number of cyclic esters (lactones) is 1. The quantitative estimate of drug-likeness (QED) is 0.573. The number of alkyl halides is 6. The van der Waals surface area contributed by atoms with Gasteiger partial charge in [0.15, 0.2) is 6.23 Å². The fourth-order valence-electron chi connectivity index (χ4n) is 1.34. The van der Waals surface area contributed by atoms with Crippen LogP contribution in [0.15, 0.2) is 0 Å². The molecule has 0 saturated carbocycles. The van der Waals surface area contributed by atoms with Gasteiger partial charge in [0.05, 0.1) is 0 Å². The Morgan fingerprint density at radius 2 is 1.76 bits per heavy atom. The zero-order valence-electron chi connectivity index (χ0n) is 8.21. The van der Waals surface area contributed by atoms with Crippen molar-refractivity contribution in [1.29, 1.82) is 0 Å². The molecule has 1 N–H and O–H groups in total. The van der Waals surface area contributed by atoms with Gasteiger partial charge in [0, 0.05) is 0 Å². The Kier molecular flexibility index (Phi) is 5.00. The molecular formula is C7H7Cl6NO3. The number of esters is 1. The number of aliphatic hydroxyl groups excluding tert-OH is 1. The predicted octanol–water partition coefficient (Wildman–Crippen LogP) is 2.62. The maximum Gasteiger partial charge on any atom is 0.325 e. The van der Waals surface area contributed by atoms with Crippen LogP contribution in [-0.4, -0.2) is 42.1 Å². The molecule has 10 heteroatoms.